The number of anilines is 1. The Morgan fingerprint density at radius 1 is 1.22 bits per heavy atom. The first-order chi connectivity index (χ1) is 15.0. The molecule has 0 saturated heterocycles. The molecule has 172 valence electrons. The zero-order valence-electron chi connectivity index (χ0n) is 19.7. The first kappa shape index (κ1) is 24.6. The number of aromatic nitrogens is 1. The van der Waals surface area contributed by atoms with Crippen molar-refractivity contribution < 1.29 is 4.79 Å². The van der Waals surface area contributed by atoms with Gasteiger partial charge in [-0.25, -0.2) is 0 Å². The highest BCUT2D eigenvalue weighted by Gasteiger charge is 2.21. The highest BCUT2D eigenvalue weighted by molar-refractivity contribution is 6.47. The standard InChI is InChI=1S/C26H33Cl2N3O/c1-7-21(28)25-24(17(3)27)20-8-10-29-11-9-22(20)31(25)15-23(32)30-19-13-16(2)12-18(14-19)26(4,5)6/h7,12-14,29H,1,8-11,15H2,2-6H3,(H,30,32)/b24-17+,25-21-. The summed E-state index contributed by atoms with van der Waals surface area (Å²) in [5.41, 5.74) is 5.38. The highest BCUT2D eigenvalue weighted by atomic mass is 35.5. The van der Waals surface area contributed by atoms with Crippen molar-refractivity contribution in [3.05, 3.63) is 63.8 Å². The number of carbonyl (C=O) groups excluding carboxylic acids is 1. The molecule has 0 fully saturated rings. The Morgan fingerprint density at radius 2 is 1.91 bits per heavy atom. The van der Waals surface area contributed by atoms with Gasteiger partial charge in [0, 0.05) is 34.6 Å². The van der Waals surface area contributed by atoms with Crippen LogP contribution in [-0.2, 0) is 29.6 Å². The van der Waals surface area contributed by atoms with E-state index in [9.17, 15) is 4.79 Å². The van der Waals surface area contributed by atoms with Gasteiger partial charge in [0.1, 0.15) is 6.54 Å². The van der Waals surface area contributed by atoms with E-state index in [-0.39, 0.29) is 17.9 Å². The minimum atomic E-state index is -0.0981. The fraction of sp³-hybridized carbons (Fsp3) is 0.423. The predicted octanol–water partition coefficient (Wildman–Crippen LogP) is 4.32. The van der Waals surface area contributed by atoms with Crippen molar-refractivity contribution in [2.75, 3.05) is 18.4 Å². The molecule has 0 radical (unpaired) electrons. The summed E-state index contributed by atoms with van der Waals surface area (Å²) < 4.78 is 2.02. The first-order valence-corrected chi connectivity index (χ1v) is 11.8. The van der Waals surface area contributed by atoms with E-state index < -0.39 is 0 Å². The number of nitrogens with one attached hydrogen (secondary N) is 2. The predicted molar refractivity (Wildman–Crippen MR) is 137 cm³/mol. The average molecular weight is 474 g/mol. The van der Waals surface area contributed by atoms with Gasteiger partial charge in [-0.3, -0.25) is 4.79 Å². The van der Waals surface area contributed by atoms with E-state index in [4.69, 9.17) is 23.2 Å². The van der Waals surface area contributed by atoms with Crippen molar-refractivity contribution in [2.45, 2.75) is 59.4 Å². The molecular weight excluding hydrogens is 441 g/mol. The summed E-state index contributed by atoms with van der Waals surface area (Å²) in [7, 11) is 0. The lowest BCUT2D eigenvalue weighted by molar-refractivity contribution is -0.116. The summed E-state index contributed by atoms with van der Waals surface area (Å²) in [5, 5.41) is 9.40. The number of halogens is 2. The van der Waals surface area contributed by atoms with Crippen molar-refractivity contribution in [1.82, 2.24) is 9.88 Å². The fourth-order valence-electron chi connectivity index (χ4n) is 4.34. The molecule has 0 spiro atoms. The van der Waals surface area contributed by atoms with Gasteiger partial charge in [-0.2, -0.15) is 0 Å². The summed E-state index contributed by atoms with van der Waals surface area (Å²) >= 11 is 13.1. The number of hydrogen-bond acceptors (Lipinski definition) is 2. The number of allylic oxidation sites excluding steroid dienone is 1. The first-order valence-electron chi connectivity index (χ1n) is 11.0. The van der Waals surface area contributed by atoms with E-state index in [0.717, 1.165) is 59.0 Å². The normalized spacial score (nSPS) is 16.1. The maximum atomic E-state index is 13.2. The Kier molecular flexibility index (Phi) is 7.59. The summed E-state index contributed by atoms with van der Waals surface area (Å²) in [6.45, 7) is 16.1. The SMILES string of the molecule is C=C/C(Cl)=c1\c(=C(/C)Cl)c2c(n1CC(=O)Nc1cc(C)cc(C(C)(C)C)c1)CCNCC2. The number of rotatable bonds is 4. The molecule has 2 N–H and O–H groups in total. The minimum absolute atomic E-state index is 0.00151. The monoisotopic (exact) mass is 473 g/mol. The van der Waals surface area contributed by atoms with E-state index in [0.29, 0.717) is 10.1 Å². The third-order valence-corrected chi connectivity index (χ3v) is 6.37. The highest BCUT2D eigenvalue weighted by Crippen LogP contribution is 2.26. The van der Waals surface area contributed by atoms with Crippen LogP contribution in [0.25, 0.3) is 10.1 Å². The van der Waals surface area contributed by atoms with E-state index in [2.05, 4.69) is 50.1 Å². The molecule has 3 rings (SSSR count). The Hall–Kier alpha value is -2.01. The molecule has 0 atom stereocenters. The van der Waals surface area contributed by atoms with Crippen LogP contribution >= 0.6 is 23.2 Å². The van der Waals surface area contributed by atoms with Gasteiger partial charge in [0.2, 0.25) is 5.91 Å². The number of fused-ring (bicyclic) bond motifs is 1. The van der Waals surface area contributed by atoms with Gasteiger partial charge < -0.3 is 15.2 Å². The summed E-state index contributed by atoms with van der Waals surface area (Å²) in [6, 6.07) is 6.22. The fourth-order valence-corrected chi connectivity index (χ4v) is 4.74. The minimum Gasteiger partial charge on any atom is -0.334 e. The van der Waals surface area contributed by atoms with Crippen LogP contribution in [0.15, 0.2) is 30.9 Å². The van der Waals surface area contributed by atoms with Crippen LogP contribution in [-0.4, -0.2) is 23.6 Å². The zero-order valence-corrected chi connectivity index (χ0v) is 21.2. The number of benzene rings is 1. The molecule has 1 aliphatic heterocycles. The second-order valence-electron chi connectivity index (χ2n) is 9.46. The third kappa shape index (κ3) is 5.31. The van der Waals surface area contributed by atoms with Crippen LogP contribution in [0, 0.1) is 6.92 Å². The molecule has 1 aromatic carbocycles. The quantitative estimate of drug-likeness (QED) is 0.694. The van der Waals surface area contributed by atoms with Crippen molar-refractivity contribution in [3.63, 3.8) is 0 Å². The smallest absolute Gasteiger partial charge is 0.244 e. The number of hydrogen-bond donors (Lipinski definition) is 2. The molecule has 2 aromatic rings. The van der Waals surface area contributed by atoms with Gasteiger partial charge in [0.25, 0.3) is 0 Å². The Labute approximate surface area is 201 Å². The van der Waals surface area contributed by atoms with Crippen LogP contribution in [0.4, 0.5) is 5.69 Å². The number of nitrogens with zero attached hydrogens (tertiary/aromatic N) is 1. The molecule has 32 heavy (non-hydrogen) atoms. The maximum Gasteiger partial charge on any atom is 0.244 e. The molecule has 0 unspecified atom stereocenters. The van der Waals surface area contributed by atoms with Gasteiger partial charge in [-0.15, -0.1) is 0 Å². The average Bonchev–Trinajstić information content (AvgIpc) is 2.84. The maximum absolute atomic E-state index is 13.2. The summed E-state index contributed by atoms with van der Waals surface area (Å²) in [6.07, 6.45) is 3.26. The molecular formula is C26H33Cl2N3O. The largest absolute Gasteiger partial charge is 0.334 e. The molecule has 4 nitrogen and oxygen atoms in total. The number of aryl methyl sites for hydroxylation is 1. The third-order valence-electron chi connectivity index (χ3n) is 5.85. The van der Waals surface area contributed by atoms with E-state index >= 15 is 0 Å². The van der Waals surface area contributed by atoms with Crippen LogP contribution in [0.5, 0.6) is 0 Å². The Balaban J connectivity index is 2.07. The summed E-state index contributed by atoms with van der Waals surface area (Å²) in [5.74, 6) is -0.0981. The molecule has 1 aromatic heterocycles. The van der Waals surface area contributed by atoms with Gasteiger partial charge in [0.05, 0.1) is 10.4 Å². The van der Waals surface area contributed by atoms with Crippen LogP contribution in [0.2, 0.25) is 0 Å². The van der Waals surface area contributed by atoms with Crippen LogP contribution < -0.4 is 21.2 Å². The van der Waals surface area contributed by atoms with Crippen molar-refractivity contribution in [3.8, 4) is 0 Å². The lowest BCUT2D eigenvalue weighted by atomic mass is 9.86. The Morgan fingerprint density at radius 3 is 2.53 bits per heavy atom. The lowest BCUT2D eigenvalue weighted by Crippen LogP contribution is -2.36. The van der Waals surface area contributed by atoms with Gasteiger partial charge in [-0.1, -0.05) is 56.6 Å². The van der Waals surface area contributed by atoms with Crippen molar-refractivity contribution in [1.29, 1.82) is 0 Å². The zero-order chi connectivity index (χ0) is 23.6. The molecule has 1 aliphatic rings. The molecule has 0 aliphatic carbocycles. The molecule has 1 amide bonds. The molecule has 2 heterocycles. The second-order valence-corrected chi connectivity index (χ2v) is 10.4. The number of amides is 1. The van der Waals surface area contributed by atoms with Crippen molar-refractivity contribution >= 4 is 44.9 Å². The van der Waals surface area contributed by atoms with Crippen LogP contribution in [0.1, 0.15) is 50.1 Å². The number of carbonyl (C=O) groups is 1. The van der Waals surface area contributed by atoms with Crippen LogP contribution in [0.3, 0.4) is 0 Å². The van der Waals surface area contributed by atoms with Gasteiger partial charge in [-0.05, 0) is 67.1 Å². The Bertz CT molecular complexity index is 1170. The molecule has 0 saturated carbocycles. The van der Waals surface area contributed by atoms with Gasteiger partial charge in [0.15, 0.2) is 0 Å². The topological polar surface area (TPSA) is 46.1 Å². The molecule has 0 bridgehead atoms. The van der Waals surface area contributed by atoms with E-state index in [1.54, 1.807) is 6.08 Å². The second kappa shape index (κ2) is 9.86. The van der Waals surface area contributed by atoms with Crippen molar-refractivity contribution in [2.24, 2.45) is 0 Å². The van der Waals surface area contributed by atoms with E-state index in [1.165, 1.54) is 5.56 Å². The lowest BCUT2D eigenvalue weighted by Gasteiger charge is -2.21. The van der Waals surface area contributed by atoms with E-state index in [1.807, 2.05) is 24.5 Å². The van der Waals surface area contributed by atoms with Gasteiger partial charge >= 0.3 is 0 Å². The summed E-state index contributed by atoms with van der Waals surface area (Å²) in [4.78, 5) is 13.2. The molecule has 6 heteroatoms.